The lowest BCUT2D eigenvalue weighted by Gasteiger charge is -2.13. The zero-order valence-corrected chi connectivity index (χ0v) is 22.3. The van der Waals surface area contributed by atoms with Crippen molar-refractivity contribution in [3.05, 3.63) is 59.5 Å². The zero-order valence-electron chi connectivity index (χ0n) is 19.8. The van der Waals surface area contributed by atoms with Crippen molar-refractivity contribution in [2.24, 2.45) is 0 Å². The molecule has 0 unspecified atom stereocenters. The normalized spacial score (nSPS) is 14.8. The van der Waals surface area contributed by atoms with E-state index in [0.29, 0.717) is 28.1 Å². The van der Waals surface area contributed by atoms with Crippen LogP contribution in [0.5, 0.6) is 0 Å². The molecule has 4 aromatic rings. The van der Waals surface area contributed by atoms with Crippen molar-refractivity contribution < 1.29 is 18.0 Å². The molecule has 1 aliphatic rings. The number of benzene rings is 1. The topological polar surface area (TPSA) is 124 Å². The summed E-state index contributed by atoms with van der Waals surface area (Å²) in [4.78, 5) is 25.1. The van der Waals surface area contributed by atoms with E-state index in [1.54, 1.807) is 24.3 Å². The van der Waals surface area contributed by atoms with Crippen molar-refractivity contribution in [1.82, 2.24) is 30.0 Å². The molecule has 1 fully saturated rings. The standard InChI is InChI=1S/C23H21F3N8O.3ClH/c1-12-16(23(24,25)26)7-9-29-20(12)32-22(35)14-4-2-13(3-5-14)18-17-19(27)30-11-31-21(17)34(33-18)15-6-8-28-10-15;;;/h2-5,7,9,11,15,28H,6,8,10H2,1H3,(H2,27,30,31)(H,29,32,35);3*1H/t15-;;;/m1.../s1. The van der Waals surface area contributed by atoms with Crippen molar-refractivity contribution in [2.45, 2.75) is 25.6 Å². The van der Waals surface area contributed by atoms with Gasteiger partial charge in [0, 0.05) is 29.4 Å². The first-order valence-corrected chi connectivity index (χ1v) is 10.9. The number of aromatic nitrogens is 5. The molecule has 3 aromatic heterocycles. The number of nitrogen functional groups attached to an aromatic ring is 1. The van der Waals surface area contributed by atoms with Crippen LogP contribution in [-0.2, 0) is 6.18 Å². The van der Waals surface area contributed by atoms with Gasteiger partial charge in [-0.05, 0) is 38.1 Å². The van der Waals surface area contributed by atoms with Gasteiger partial charge in [-0.15, -0.1) is 37.2 Å². The number of anilines is 2. The van der Waals surface area contributed by atoms with Crippen LogP contribution in [0.1, 0.15) is 33.9 Å². The molecule has 1 amide bonds. The fourth-order valence-electron chi connectivity index (χ4n) is 4.23. The van der Waals surface area contributed by atoms with Crippen LogP contribution in [-0.4, -0.2) is 43.7 Å². The Morgan fingerprint density at radius 1 is 1.11 bits per heavy atom. The fourth-order valence-corrected chi connectivity index (χ4v) is 4.23. The zero-order chi connectivity index (χ0) is 24.7. The van der Waals surface area contributed by atoms with Crippen LogP contribution in [0.4, 0.5) is 24.8 Å². The van der Waals surface area contributed by atoms with Gasteiger partial charge in [0.25, 0.3) is 5.91 Å². The SMILES string of the molecule is Cc1c(C(F)(F)F)ccnc1NC(=O)c1ccc(-c2nn([C@@H]3CCNC3)c3ncnc(N)c23)cc1.Cl.Cl.Cl. The van der Waals surface area contributed by atoms with Crippen LogP contribution in [0.15, 0.2) is 42.9 Å². The number of hydrogen-bond acceptors (Lipinski definition) is 7. The van der Waals surface area contributed by atoms with E-state index in [0.717, 1.165) is 31.8 Å². The molecule has 4 N–H and O–H groups in total. The first-order valence-electron chi connectivity index (χ1n) is 10.9. The molecule has 0 radical (unpaired) electrons. The number of nitrogens with zero attached hydrogens (tertiary/aromatic N) is 5. The molecular weight excluding hydrogens is 568 g/mol. The highest BCUT2D eigenvalue weighted by Crippen LogP contribution is 2.34. The molecule has 1 aliphatic heterocycles. The molecule has 0 aliphatic carbocycles. The lowest BCUT2D eigenvalue weighted by molar-refractivity contribution is -0.138. The van der Waals surface area contributed by atoms with Gasteiger partial charge in [-0.25, -0.2) is 19.6 Å². The Labute approximate surface area is 234 Å². The number of nitrogens with two attached hydrogens (primary N) is 1. The minimum atomic E-state index is -4.54. The van der Waals surface area contributed by atoms with E-state index < -0.39 is 17.6 Å². The predicted molar refractivity (Wildman–Crippen MR) is 145 cm³/mol. The van der Waals surface area contributed by atoms with E-state index in [1.807, 2.05) is 4.68 Å². The first-order chi connectivity index (χ1) is 16.7. The Hall–Kier alpha value is -3.19. The van der Waals surface area contributed by atoms with Crippen LogP contribution >= 0.6 is 37.2 Å². The van der Waals surface area contributed by atoms with Crippen LogP contribution in [0.2, 0.25) is 0 Å². The van der Waals surface area contributed by atoms with Gasteiger partial charge in [-0.3, -0.25) is 4.79 Å². The number of pyridine rings is 1. The van der Waals surface area contributed by atoms with E-state index in [9.17, 15) is 18.0 Å². The first kappa shape index (κ1) is 31.0. The number of halogens is 6. The predicted octanol–water partition coefficient (Wildman–Crippen LogP) is 4.85. The van der Waals surface area contributed by atoms with E-state index in [-0.39, 0.29) is 60.2 Å². The summed E-state index contributed by atoms with van der Waals surface area (Å²) in [5, 5.41) is 11.2. The number of rotatable bonds is 4. The lowest BCUT2D eigenvalue weighted by atomic mass is 10.1. The molecule has 0 saturated carbocycles. The summed E-state index contributed by atoms with van der Waals surface area (Å²) in [6.45, 7) is 2.91. The minimum Gasteiger partial charge on any atom is -0.383 e. The minimum absolute atomic E-state index is 0. The number of nitrogens with one attached hydrogen (secondary N) is 2. The smallest absolute Gasteiger partial charge is 0.383 e. The van der Waals surface area contributed by atoms with Crippen molar-refractivity contribution in [2.75, 3.05) is 24.1 Å². The number of fused-ring (bicyclic) bond motifs is 1. The van der Waals surface area contributed by atoms with Gasteiger partial charge in [-0.1, -0.05) is 12.1 Å². The van der Waals surface area contributed by atoms with Crippen molar-refractivity contribution >= 4 is 65.8 Å². The number of alkyl halides is 3. The average Bonchev–Trinajstić information content (AvgIpc) is 3.48. The van der Waals surface area contributed by atoms with Crippen molar-refractivity contribution in [3.63, 3.8) is 0 Å². The third-order valence-electron chi connectivity index (χ3n) is 6.06. The molecule has 38 heavy (non-hydrogen) atoms. The molecule has 5 rings (SSSR count). The lowest BCUT2D eigenvalue weighted by Crippen LogP contribution is -2.16. The van der Waals surface area contributed by atoms with Gasteiger partial charge in [0.05, 0.1) is 17.0 Å². The van der Waals surface area contributed by atoms with E-state index in [1.165, 1.54) is 13.3 Å². The van der Waals surface area contributed by atoms with E-state index in [4.69, 9.17) is 10.8 Å². The summed E-state index contributed by atoms with van der Waals surface area (Å²) in [5.41, 5.74) is 7.33. The van der Waals surface area contributed by atoms with Crippen molar-refractivity contribution in [3.8, 4) is 11.3 Å². The highest BCUT2D eigenvalue weighted by molar-refractivity contribution is 6.05. The highest BCUT2D eigenvalue weighted by atomic mass is 35.5. The van der Waals surface area contributed by atoms with Gasteiger partial charge in [0.15, 0.2) is 5.65 Å². The Bertz CT molecular complexity index is 1420. The Balaban J connectivity index is 0.00000169. The van der Waals surface area contributed by atoms with Gasteiger partial charge < -0.3 is 16.4 Å². The summed E-state index contributed by atoms with van der Waals surface area (Å²) in [7, 11) is 0. The van der Waals surface area contributed by atoms with Crippen LogP contribution < -0.4 is 16.4 Å². The average molecular weight is 592 g/mol. The third kappa shape index (κ3) is 5.78. The van der Waals surface area contributed by atoms with Gasteiger partial charge in [0.1, 0.15) is 23.7 Å². The maximum absolute atomic E-state index is 13.2. The Kier molecular flexibility index (Phi) is 9.89. The molecule has 4 heterocycles. The van der Waals surface area contributed by atoms with E-state index >= 15 is 0 Å². The molecule has 0 bridgehead atoms. The molecule has 1 atom stereocenters. The molecule has 15 heteroatoms. The number of carbonyl (C=O) groups is 1. The van der Waals surface area contributed by atoms with Crippen LogP contribution in [0.3, 0.4) is 0 Å². The molecular formula is C23H24Cl3F3N8O. The van der Waals surface area contributed by atoms with Crippen LogP contribution in [0.25, 0.3) is 22.3 Å². The quantitative estimate of drug-likeness (QED) is 0.310. The molecule has 0 spiro atoms. The Morgan fingerprint density at radius 3 is 2.45 bits per heavy atom. The summed E-state index contributed by atoms with van der Waals surface area (Å²) in [6.07, 6.45) is -1.22. The molecule has 204 valence electrons. The largest absolute Gasteiger partial charge is 0.416 e. The second-order valence-corrected chi connectivity index (χ2v) is 8.26. The van der Waals surface area contributed by atoms with Gasteiger partial charge >= 0.3 is 6.18 Å². The van der Waals surface area contributed by atoms with Crippen LogP contribution in [0, 0.1) is 6.92 Å². The Morgan fingerprint density at radius 2 is 1.82 bits per heavy atom. The maximum Gasteiger partial charge on any atom is 0.416 e. The summed E-state index contributed by atoms with van der Waals surface area (Å²) in [5.74, 6) is -0.425. The summed E-state index contributed by atoms with van der Waals surface area (Å²) < 4.78 is 41.3. The highest BCUT2D eigenvalue weighted by Gasteiger charge is 2.33. The summed E-state index contributed by atoms with van der Waals surface area (Å²) >= 11 is 0. The van der Waals surface area contributed by atoms with Gasteiger partial charge in [0.2, 0.25) is 0 Å². The fraction of sp³-hybridized carbons (Fsp3) is 0.261. The van der Waals surface area contributed by atoms with E-state index in [2.05, 4.69) is 25.6 Å². The van der Waals surface area contributed by atoms with Gasteiger partial charge in [-0.2, -0.15) is 18.3 Å². The monoisotopic (exact) mass is 590 g/mol. The second kappa shape index (κ2) is 12.1. The molecule has 9 nitrogen and oxygen atoms in total. The molecule has 1 aromatic carbocycles. The molecule has 1 saturated heterocycles. The number of carbonyl (C=O) groups excluding carboxylic acids is 1. The third-order valence-corrected chi connectivity index (χ3v) is 6.06. The second-order valence-electron chi connectivity index (χ2n) is 8.26. The number of amides is 1. The summed E-state index contributed by atoms with van der Waals surface area (Å²) in [6, 6.07) is 7.54. The maximum atomic E-state index is 13.2. The number of hydrogen-bond donors (Lipinski definition) is 3. The van der Waals surface area contributed by atoms with Crippen molar-refractivity contribution in [1.29, 1.82) is 0 Å².